The van der Waals surface area contributed by atoms with Gasteiger partial charge in [-0.25, -0.2) is 0 Å². The van der Waals surface area contributed by atoms with Gasteiger partial charge in [0.05, 0.1) is 5.75 Å². The number of aromatic amines is 1. The Morgan fingerprint density at radius 3 is 2.91 bits per heavy atom. The van der Waals surface area contributed by atoms with E-state index in [-0.39, 0.29) is 12.3 Å². The summed E-state index contributed by atoms with van der Waals surface area (Å²) < 4.78 is 34.1. The van der Waals surface area contributed by atoms with E-state index in [0.717, 1.165) is 16.5 Å². The summed E-state index contributed by atoms with van der Waals surface area (Å²) in [7, 11) is -4.53. The van der Waals surface area contributed by atoms with Crippen molar-refractivity contribution >= 4 is 27.0 Å². The summed E-state index contributed by atoms with van der Waals surface area (Å²) in [5, 5.41) is 1.12. The molecule has 0 radical (unpaired) electrons. The second-order valence-electron chi connectivity index (χ2n) is 5.72. The molecule has 1 amide bonds. The number of carbonyl (C=O) groups excluding carboxylic acids is 1. The number of aromatic nitrogens is 1. The van der Waals surface area contributed by atoms with Crippen LogP contribution in [0.5, 0.6) is 0 Å². The predicted molar refractivity (Wildman–Crippen MR) is 81.6 cm³/mol. The highest BCUT2D eigenvalue weighted by Gasteiger charge is 2.32. The van der Waals surface area contributed by atoms with E-state index in [0.29, 0.717) is 19.5 Å². The fourth-order valence-corrected chi connectivity index (χ4v) is 3.86. The molecule has 0 aliphatic carbocycles. The number of rotatable bonds is 5. The predicted octanol–water partition coefficient (Wildman–Crippen LogP) is 1.86. The number of nitrogens with one attached hydrogen (secondary N) is 1. The molecule has 1 fully saturated rings. The first-order valence-electron chi connectivity index (χ1n) is 7.17. The molecule has 1 unspecified atom stereocenters. The highest BCUT2D eigenvalue weighted by molar-refractivity contribution is 7.86. The van der Waals surface area contributed by atoms with E-state index in [9.17, 15) is 17.1 Å². The molecule has 5 nitrogen and oxygen atoms in total. The summed E-state index contributed by atoms with van der Waals surface area (Å²) in [5.74, 6) is -1.11. The maximum atomic E-state index is 12.7. The Kier molecular flexibility index (Phi) is 3.90. The van der Waals surface area contributed by atoms with E-state index >= 15 is 0 Å². The van der Waals surface area contributed by atoms with E-state index in [4.69, 9.17) is 0 Å². The van der Waals surface area contributed by atoms with Crippen molar-refractivity contribution in [3.05, 3.63) is 36.0 Å². The van der Waals surface area contributed by atoms with Crippen LogP contribution in [0.1, 0.15) is 12.0 Å². The summed E-state index contributed by atoms with van der Waals surface area (Å²) in [6, 6.07) is 7.97. The second kappa shape index (κ2) is 5.72. The molecule has 2 heterocycles. The molecule has 1 aliphatic heterocycles. The van der Waals surface area contributed by atoms with Gasteiger partial charge in [-0.05, 0) is 23.4 Å². The molecule has 0 spiro atoms. The number of amides is 1. The number of likely N-dealkylation sites (tertiary alicyclic amines) is 1. The van der Waals surface area contributed by atoms with Crippen molar-refractivity contribution < 1.29 is 17.1 Å². The van der Waals surface area contributed by atoms with Crippen molar-refractivity contribution in [1.29, 1.82) is 0 Å². The Balaban J connectivity index is 1.64. The number of halogens is 1. The third-order valence-corrected chi connectivity index (χ3v) is 4.92. The lowest BCUT2D eigenvalue weighted by Gasteiger charge is -2.16. The lowest BCUT2D eigenvalue weighted by atomic mass is 10.1. The molecule has 1 N–H and O–H groups in total. The van der Waals surface area contributed by atoms with Crippen LogP contribution < -0.4 is 0 Å². The number of fused-ring (bicyclic) bond motifs is 1. The minimum Gasteiger partial charge on any atom is -0.361 e. The monoisotopic (exact) mass is 324 g/mol. The SMILES string of the molecule is O=C1CC(CS(=O)(=O)F)CN1CCc1cccc2cc[nH]c12. The van der Waals surface area contributed by atoms with E-state index in [1.165, 1.54) is 0 Å². The number of hydrogen-bond acceptors (Lipinski definition) is 3. The zero-order valence-corrected chi connectivity index (χ0v) is 12.8. The molecule has 0 bridgehead atoms. The maximum absolute atomic E-state index is 12.7. The maximum Gasteiger partial charge on any atom is 0.302 e. The number of H-pyrrole nitrogens is 1. The molecule has 1 saturated heterocycles. The molecular weight excluding hydrogens is 307 g/mol. The molecule has 3 rings (SSSR count). The molecule has 22 heavy (non-hydrogen) atoms. The fraction of sp³-hybridized carbons (Fsp3) is 0.400. The first-order valence-corrected chi connectivity index (χ1v) is 8.73. The third kappa shape index (κ3) is 3.30. The molecule has 7 heteroatoms. The topological polar surface area (TPSA) is 70.2 Å². The summed E-state index contributed by atoms with van der Waals surface area (Å²) in [6.07, 6.45) is 2.66. The van der Waals surface area contributed by atoms with Gasteiger partial charge in [-0.2, -0.15) is 8.42 Å². The quantitative estimate of drug-likeness (QED) is 0.854. The molecule has 0 saturated carbocycles. The van der Waals surface area contributed by atoms with Gasteiger partial charge in [-0.15, -0.1) is 3.89 Å². The van der Waals surface area contributed by atoms with Crippen molar-refractivity contribution in [2.24, 2.45) is 5.92 Å². The largest absolute Gasteiger partial charge is 0.361 e. The molecular formula is C15H17FN2O3S. The van der Waals surface area contributed by atoms with Crippen molar-refractivity contribution in [3.8, 4) is 0 Å². The van der Waals surface area contributed by atoms with Crippen LogP contribution in [0, 0.1) is 5.92 Å². The Morgan fingerprint density at radius 2 is 2.14 bits per heavy atom. The minimum absolute atomic E-state index is 0.104. The van der Waals surface area contributed by atoms with Crippen molar-refractivity contribution in [1.82, 2.24) is 9.88 Å². The van der Waals surface area contributed by atoms with Gasteiger partial charge in [0.25, 0.3) is 0 Å². The number of hydrogen-bond donors (Lipinski definition) is 1. The number of nitrogens with zero attached hydrogens (tertiary/aromatic N) is 1. The van der Waals surface area contributed by atoms with Crippen LogP contribution in [0.15, 0.2) is 30.5 Å². The highest BCUT2D eigenvalue weighted by atomic mass is 32.3. The molecule has 118 valence electrons. The Labute approximate surface area is 128 Å². The van der Waals surface area contributed by atoms with Gasteiger partial charge in [0.15, 0.2) is 0 Å². The van der Waals surface area contributed by atoms with Crippen molar-refractivity contribution in [2.45, 2.75) is 12.8 Å². The van der Waals surface area contributed by atoms with Gasteiger partial charge in [0.2, 0.25) is 5.91 Å². The normalized spacial score (nSPS) is 19.2. The second-order valence-corrected chi connectivity index (χ2v) is 7.14. The zero-order chi connectivity index (χ0) is 15.7. The highest BCUT2D eigenvalue weighted by Crippen LogP contribution is 2.22. The van der Waals surface area contributed by atoms with Gasteiger partial charge in [0.1, 0.15) is 0 Å². The average Bonchev–Trinajstić information content (AvgIpc) is 3.01. The Morgan fingerprint density at radius 1 is 1.32 bits per heavy atom. The summed E-state index contributed by atoms with van der Waals surface area (Å²) in [4.78, 5) is 16.7. The number of benzene rings is 1. The van der Waals surface area contributed by atoms with Crippen molar-refractivity contribution in [2.75, 3.05) is 18.8 Å². The Bertz CT molecular complexity index is 800. The molecule has 1 aliphatic rings. The van der Waals surface area contributed by atoms with Crippen LogP contribution in [0.25, 0.3) is 10.9 Å². The molecule has 1 aromatic carbocycles. The standard InChI is InChI=1S/C15H17FN2O3S/c16-22(20,21)10-11-8-14(19)18(9-11)7-5-13-3-1-2-12-4-6-17-15(12)13/h1-4,6,11,17H,5,7-10H2. The van der Waals surface area contributed by atoms with E-state index in [1.54, 1.807) is 4.90 Å². The fourth-order valence-electron chi connectivity index (χ4n) is 3.08. The van der Waals surface area contributed by atoms with Gasteiger partial charge in [0, 0.05) is 37.1 Å². The molecule has 1 atom stereocenters. The van der Waals surface area contributed by atoms with Crippen LogP contribution in [0.3, 0.4) is 0 Å². The summed E-state index contributed by atoms with van der Waals surface area (Å²) in [5.41, 5.74) is 2.16. The van der Waals surface area contributed by atoms with E-state index in [1.807, 2.05) is 30.5 Å². The summed E-state index contributed by atoms with van der Waals surface area (Å²) in [6.45, 7) is 0.822. The first kappa shape index (κ1) is 15.0. The third-order valence-electron chi connectivity index (χ3n) is 4.05. The first-order chi connectivity index (χ1) is 10.4. The van der Waals surface area contributed by atoms with Crippen molar-refractivity contribution in [3.63, 3.8) is 0 Å². The van der Waals surface area contributed by atoms with Crippen LogP contribution in [-0.2, 0) is 21.4 Å². The molecule has 1 aromatic heterocycles. The number of para-hydroxylation sites is 1. The van der Waals surface area contributed by atoms with Crippen LogP contribution >= 0.6 is 0 Å². The van der Waals surface area contributed by atoms with E-state index < -0.39 is 21.9 Å². The average molecular weight is 324 g/mol. The van der Waals surface area contributed by atoms with Gasteiger partial charge >= 0.3 is 10.2 Å². The smallest absolute Gasteiger partial charge is 0.302 e. The molecule has 2 aromatic rings. The lowest BCUT2D eigenvalue weighted by molar-refractivity contribution is -0.127. The summed E-state index contributed by atoms with van der Waals surface area (Å²) >= 11 is 0. The van der Waals surface area contributed by atoms with Crippen LogP contribution in [-0.4, -0.2) is 43.1 Å². The van der Waals surface area contributed by atoms with Gasteiger partial charge in [-0.1, -0.05) is 18.2 Å². The lowest BCUT2D eigenvalue weighted by Crippen LogP contribution is -2.28. The van der Waals surface area contributed by atoms with E-state index in [2.05, 4.69) is 4.98 Å². The van der Waals surface area contributed by atoms with Gasteiger partial charge < -0.3 is 9.88 Å². The zero-order valence-electron chi connectivity index (χ0n) is 12.0. The van der Waals surface area contributed by atoms with Crippen LogP contribution in [0.4, 0.5) is 3.89 Å². The van der Waals surface area contributed by atoms with Gasteiger partial charge in [-0.3, -0.25) is 4.79 Å². The number of carbonyl (C=O) groups is 1. The minimum atomic E-state index is -4.53. The Hall–Kier alpha value is -1.89. The van der Waals surface area contributed by atoms with Crippen LogP contribution in [0.2, 0.25) is 0 Å².